The molecule has 4 aromatic rings. The number of amides is 2. The van der Waals surface area contributed by atoms with Gasteiger partial charge in [0, 0.05) is 23.4 Å². The summed E-state index contributed by atoms with van der Waals surface area (Å²) >= 11 is 7.53. The van der Waals surface area contributed by atoms with Crippen LogP contribution in [0.2, 0.25) is 5.02 Å². The zero-order valence-electron chi connectivity index (χ0n) is 17.4. The molecule has 4 rings (SSSR count). The molecule has 0 bridgehead atoms. The van der Waals surface area contributed by atoms with Crippen LogP contribution in [0.15, 0.2) is 70.5 Å². The minimum Gasteiger partial charge on any atom is -0.451 e. The second-order valence-corrected chi connectivity index (χ2v) is 8.45. The normalized spacial score (nSPS) is 11.7. The van der Waals surface area contributed by atoms with Crippen molar-refractivity contribution in [3.8, 4) is 22.6 Å². The average Bonchev–Trinajstić information content (AvgIpc) is 3.44. The van der Waals surface area contributed by atoms with E-state index in [2.05, 4.69) is 15.6 Å². The van der Waals surface area contributed by atoms with Crippen molar-refractivity contribution in [2.75, 3.05) is 5.32 Å². The number of anilines is 1. The van der Waals surface area contributed by atoms with Crippen LogP contribution in [0, 0.1) is 0 Å². The van der Waals surface area contributed by atoms with E-state index in [-0.39, 0.29) is 23.6 Å². The van der Waals surface area contributed by atoms with Crippen LogP contribution >= 0.6 is 22.9 Å². The summed E-state index contributed by atoms with van der Waals surface area (Å²) in [5.41, 5.74) is 3.39. The standard InChI is InChI=1S/C24H20ClN3O3S/c1-14(26-15(2)29)16-7-9-17(10-8-16)20-13-32-24(27-20)28-23(30)22-12-11-21(31-22)18-5-3-4-6-19(18)25/h3-14H,1-2H3,(H,26,29)(H,27,28,30). The monoisotopic (exact) mass is 465 g/mol. The van der Waals surface area contributed by atoms with Crippen LogP contribution in [0.1, 0.15) is 36.0 Å². The number of hydrogen-bond acceptors (Lipinski definition) is 5. The molecule has 0 spiro atoms. The molecule has 162 valence electrons. The zero-order chi connectivity index (χ0) is 22.7. The lowest BCUT2D eigenvalue weighted by molar-refractivity contribution is -0.119. The molecule has 6 nitrogen and oxygen atoms in total. The van der Waals surface area contributed by atoms with Crippen LogP contribution in [-0.4, -0.2) is 16.8 Å². The van der Waals surface area contributed by atoms with Gasteiger partial charge in [0.05, 0.1) is 16.8 Å². The lowest BCUT2D eigenvalue weighted by Gasteiger charge is -2.12. The summed E-state index contributed by atoms with van der Waals surface area (Å²) in [6, 6.07) is 18.3. The van der Waals surface area contributed by atoms with Crippen molar-refractivity contribution in [3.63, 3.8) is 0 Å². The van der Waals surface area contributed by atoms with E-state index in [1.807, 2.05) is 54.8 Å². The smallest absolute Gasteiger partial charge is 0.293 e. The van der Waals surface area contributed by atoms with Gasteiger partial charge >= 0.3 is 0 Å². The molecule has 0 fully saturated rings. The van der Waals surface area contributed by atoms with E-state index < -0.39 is 0 Å². The summed E-state index contributed by atoms with van der Waals surface area (Å²) in [4.78, 5) is 28.3. The number of carbonyl (C=O) groups is 2. The number of halogens is 1. The number of nitrogens with zero attached hydrogens (tertiary/aromatic N) is 1. The highest BCUT2D eigenvalue weighted by Crippen LogP contribution is 2.30. The number of rotatable bonds is 6. The van der Waals surface area contributed by atoms with Gasteiger partial charge in [-0.3, -0.25) is 14.9 Å². The van der Waals surface area contributed by atoms with Crippen molar-refractivity contribution in [1.82, 2.24) is 10.3 Å². The Labute approximate surface area is 194 Å². The number of carbonyl (C=O) groups excluding carboxylic acids is 2. The van der Waals surface area contributed by atoms with E-state index >= 15 is 0 Å². The van der Waals surface area contributed by atoms with Gasteiger partial charge in [-0.15, -0.1) is 11.3 Å². The number of benzene rings is 2. The van der Waals surface area contributed by atoms with E-state index in [1.54, 1.807) is 18.2 Å². The van der Waals surface area contributed by atoms with Gasteiger partial charge in [-0.2, -0.15) is 0 Å². The Kier molecular flexibility index (Phi) is 6.39. The Bertz CT molecular complexity index is 1260. The Hall–Kier alpha value is -3.42. The summed E-state index contributed by atoms with van der Waals surface area (Å²) in [6.07, 6.45) is 0. The van der Waals surface area contributed by atoms with Crippen LogP contribution in [0.5, 0.6) is 0 Å². The molecule has 0 aliphatic carbocycles. The molecule has 2 heterocycles. The van der Waals surface area contributed by atoms with E-state index in [0.717, 1.165) is 22.4 Å². The Morgan fingerprint density at radius 1 is 1.06 bits per heavy atom. The topological polar surface area (TPSA) is 84.2 Å². The second-order valence-electron chi connectivity index (χ2n) is 7.18. The van der Waals surface area contributed by atoms with Gasteiger partial charge in [0.2, 0.25) is 5.91 Å². The summed E-state index contributed by atoms with van der Waals surface area (Å²) < 4.78 is 5.69. The van der Waals surface area contributed by atoms with Gasteiger partial charge in [-0.1, -0.05) is 48.0 Å². The molecule has 0 aliphatic rings. The summed E-state index contributed by atoms with van der Waals surface area (Å²) in [7, 11) is 0. The van der Waals surface area contributed by atoms with Crippen molar-refractivity contribution in [3.05, 3.63) is 82.4 Å². The van der Waals surface area contributed by atoms with Crippen molar-refractivity contribution < 1.29 is 14.0 Å². The molecule has 0 radical (unpaired) electrons. The van der Waals surface area contributed by atoms with Crippen LogP contribution in [-0.2, 0) is 4.79 Å². The molecule has 2 amide bonds. The molecule has 2 aromatic carbocycles. The third-order valence-corrected chi connectivity index (χ3v) is 5.91. The minimum absolute atomic E-state index is 0.0722. The number of furan rings is 1. The maximum atomic E-state index is 12.6. The maximum Gasteiger partial charge on any atom is 0.293 e. The largest absolute Gasteiger partial charge is 0.451 e. The number of nitrogens with one attached hydrogen (secondary N) is 2. The van der Waals surface area contributed by atoms with Crippen molar-refractivity contribution >= 4 is 39.9 Å². The fraction of sp³-hybridized carbons (Fsp3) is 0.125. The lowest BCUT2D eigenvalue weighted by Crippen LogP contribution is -2.23. The molecule has 2 aromatic heterocycles. The van der Waals surface area contributed by atoms with Crippen LogP contribution in [0.4, 0.5) is 5.13 Å². The average molecular weight is 466 g/mol. The van der Waals surface area contributed by atoms with E-state index in [9.17, 15) is 9.59 Å². The Morgan fingerprint density at radius 3 is 2.53 bits per heavy atom. The van der Waals surface area contributed by atoms with Crippen LogP contribution in [0.3, 0.4) is 0 Å². The van der Waals surface area contributed by atoms with Crippen LogP contribution in [0.25, 0.3) is 22.6 Å². The third kappa shape index (κ3) is 4.90. The molecule has 2 N–H and O–H groups in total. The van der Waals surface area contributed by atoms with Gasteiger partial charge in [-0.25, -0.2) is 4.98 Å². The molecule has 1 unspecified atom stereocenters. The number of thiazole rings is 1. The highest BCUT2D eigenvalue weighted by atomic mass is 35.5. The summed E-state index contributed by atoms with van der Waals surface area (Å²) in [6.45, 7) is 3.43. The molecule has 8 heteroatoms. The fourth-order valence-electron chi connectivity index (χ4n) is 3.22. The Morgan fingerprint density at radius 2 is 1.81 bits per heavy atom. The molecular weight excluding hydrogens is 446 g/mol. The zero-order valence-corrected chi connectivity index (χ0v) is 19.0. The molecule has 0 saturated heterocycles. The Balaban J connectivity index is 1.44. The molecule has 0 saturated carbocycles. The minimum atomic E-state index is -0.385. The predicted molar refractivity (Wildman–Crippen MR) is 127 cm³/mol. The molecule has 32 heavy (non-hydrogen) atoms. The summed E-state index contributed by atoms with van der Waals surface area (Å²) in [5.74, 6) is 0.239. The van der Waals surface area contributed by atoms with E-state index in [4.69, 9.17) is 16.0 Å². The first-order chi connectivity index (χ1) is 15.4. The van der Waals surface area contributed by atoms with Crippen molar-refractivity contribution in [2.45, 2.75) is 19.9 Å². The first kappa shape index (κ1) is 21.8. The quantitative estimate of drug-likeness (QED) is 0.356. The van der Waals surface area contributed by atoms with Gasteiger partial charge in [0.15, 0.2) is 10.9 Å². The van der Waals surface area contributed by atoms with Gasteiger partial charge in [0.25, 0.3) is 5.91 Å². The first-order valence-electron chi connectivity index (χ1n) is 9.90. The highest BCUT2D eigenvalue weighted by molar-refractivity contribution is 7.14. The second kappa shape index (κ2) is 9.38. The molecular formula is C24H20ClN3O3S. The van der Waals surface area contributed by atoms with Crippen LogP contribution < -0.4 is 10.6 Å². The predicted octanol–water partition coefficient (Wildman–Crippen LogP) is 6.17. The van der Waals surface area contributed by atoms with E-state index in [0.29, 0.717) is 15.9 Å². The molecule has 1 atom stereocenters. The number of hydrogen-bond donors (Lipinski definition) is 2. The SMILES string of the molecule is CC(=O)NC(C)c1ccc(-c2csc(NC(=O)c3ccc(-c4ccccc4Cl)o3)n2)cc1. The van der Waals surface area contributed by atoms with Crippen molar-refractivity contribution in [1.29, 1.82) is 0 Å². The van der Waals surface area contributed by atoms with Crippen molar-refractivity contribution in [2.24, 2.45) is 0 Å². The fourth-order valence-corrected chi connectivity index (χ4v) is 4.16. The van der Waals surface area contributed by atoms with Gasteiger partial charge in [-0.05, 0) is 36.8 Å². The van der Waals surface area contributed by atoms with Gasteiger partial charge < -0.3 is 9.73 Å². The maximum absolute atomic E-state index is 12.6. The lowest BCUT2D eigenvalue weighted by atomic mass is 10.1. The first-order valence-corrected chi connectivity index (χ1v) is 11.2. The summed E-state index contributed by atoms with van der Waals surface area (Å²) in [5, 5.41) is 8.53. The number of aromatic nitrogens is 1. The third-order valence-electron chi connectivity index (χ3n) is 4.82. The molecule has 0 aliphatic heterocycles. The van der Waals surface area contributed by atoms with Gasteiger partial charge in [0.1, 0.15) is 5.76 Å². The highest BCUT2D eigenvalue weighted by Gasteiger charge is 2.16. The van der Waals surface area contributed by atoms with E-state index in [1.165, 1.54) is 18.3 Å².